The maximum atomic E-state index is 12.5. The number of carbonyl (C=O) groups is 2. The second-order valence-corrected chi connectivity index (χ2v) is 5.91. The molecule has 0 fully saturated rings. The van der Waals surface area contributed by atoms with Crippen molar-refractivity contribution in [3.8, 4) is 0 Å². The molecular weight excluding hydrogens is 351 g/mol. The number of alkyl halides is 3. The summed E-state index contributed by atoms with van der Waals surface area (Å²) in [6.07, 6.45) is -4.61. The number of nitrogens with one attached hydrogen (secondary N) is 1. The highest BCUT2D eigenvalue weighted by molar-refractivity contribution is 5.92. The molecule has 1 aromatic carbocycles. The van der Waals surface area contributed by atoms with Crippen molar-refractivity contribution in [2.24, 2.45) is 0 Å². The lowest BCUT2D eigenvalue weighted by molar-refractivity contribution is -0.143. The first-order valence-corrected chi connectivity index (χ1v) is 7.75. The number of nitrogens with zero attached hydrogens (tertiary/aromatic N) is 2. The highest BCUT2D eigenvalue weighted by Gasteiger charge is 2.30. The zero-order valence-electron chi connectivity index (χ0n) is 14.2. The molecule has 0 radical (unpaired) electrons. The highest BCUT2D eigenvalue weighted by atomic mass is 19.4. The lowest BCUT2D eigenvalue weighted by Gasteiger charge is -2.09. The first kappa shape index (κ1) is 19.5. The molecule has 2 aromatic rings. The molecule has 0 spiro atoms. The molecule has 0 saturated carbocycles. The van der Waals surface area contributed by atoms with Gasteiger partial charge in [-0.15, -0.1) is 0 Å². The van der Waals surface area contributed by atoms with Gasteiger partial charge in [0, 0.05) is 16.9 Å². The summed E-state index contributed by atoms with van der Waals surface area (Å²) < 4.78 is 38.5. The lowest BCUT2D eigenvalue weighted by atomic mass is 10.1. The molecule has 2 rings (SSSR count). The number of halogens is 3. The number of benzene rings is 1. The number of aromatic nitrogens is 2. The summed E-state index contributed by atoms with van der Waals surface area (Å²) in [5.41, 5.74) is 2.19. The number of rotatable bonds is 6. The third-order valence-corrected chi connectivity index (χ3v) is 3.79. The molecule has 1 amide bonds. The fraction of sp³-hybridized carbons (Fsp3) is 0.353. The van der Waals surface area contributed by atoms with E-state index in [0.717, 1.165) is 4.68 Å². The number of carbonyl (C=O) groups excluding carboxylic acids is 1. The normalized spacial score (nSPS) is 11.4. The van der Waals surface area contributed by atoms with E-state index in [9.17, 15) is 22.8 Å². The molecule has 6 nitrogen and oxygen atoms in total. The van der Waals surface area contributed by atoms with Crippen molar-refractivity contribution >= 4 is 17.6 Å². The van der Waals surface area contributed by atoms with Crippen molar-refractivity contribution in [1.82, 2.24) is 9.78 Å². The van der Waals surface area contributed by atoms with Gasteiger partial charge in [-0.1, -0.05) is 12.1 Å². The monoisotopic (exact) mass is 369 g/mol. The third kappa shape index (κ3) is 5.33. The van der Waals surface area contributed by atoms with Gasteiger partial charge in [0.2, 0.25) is 5.91 Å². The summed E-state index contributed by atoms with van der Waals surface area (Å²) in [6, 6.07) is 6.31. The molecule has 1 heterocycles. The van der Waals surface area contributed by atoms with Crippen molar-refractivity contribution in [2.75, 3.05) is 5.32 Å². The van der Waals surface area contributed by atoms with Crippen molar-refractivity contribution in [2.45, 2.75) is 39.4 Å². The Bertz CT molecular complexity index is 811. The smallest absolute Gasteiger partial charge is 0.408 e. The Labute approximate surface area is 147 Å². The fourth-order valence-corrected chi connectivity index (χ4v) is 2.56. The molecule has 0 bridgehead atoms. The minimum absolute atomic E-state index is 0.105. The number of anilines is 1. The second-order valence-electron chi connectivity index (χ2n) is 5.91. The van der Waals surface area contributed by atoms with Crippen LogP contribution in [0.4, 0.5) is 18.9 Å². The third-order valence-electron chi connectivity index (χ3n) is 3.79. The van der Waals surface area contributed by atoms with Crippen LogP contribution < -0.4 is 5.32 Å². The molecule has 9 heteroatoms. The van der Waals surface area contributed by atoms with Crippen molar-refractivity contribution in [1.29, 1.82) is 0 Å². The van der Waals surface area contributed by atoms with Gasteiger partial charge in [0.05, 0.1) is 18.5 Å². The van der Waals surface area contributed by atoms with Gasteiger partial charge in [0.1, 0.15) is 6.54 Å². The zero-order chi connectivity index (χ0) is 19.5. The standard InChI is InChI=1S/C17H18F3N3O3/c1-10-14(11(2)23(22-10)9-17(18,19)20)8-15(24)21-13-5-3-12(4-6-13)7-16(25)26/h3-6H,7-9H2,1-2H3,(H,21,24)(H,25,26). The minimum Gasteiger partial charge on any atom is -0.481 e. The van der Waals surface area contributed by atoms with E-state index in [4.69, 9.17) is 5.11 Å². The Hall–Kier alpha value is -2.84. The van der Waals surface area contributed by atoms with E-state index >= 15 is 0 Å². The average molecular weight is 369 g/mol. The SMILES string of the molecule is Cc1nn(CC(F)(F)F)c(C)c1CC(=O)Nc1ccc(CC(=O)O)cc1. The zero-order valence-corrected chi connectivity index (χ0v) is 14.2. The largest absolute Gasteiger partial charge is 0.481 e. The van der Waals surface area contributed by atoms with Crippen LogP contribution in [-0.2, 0) is 29.0 Å². The summed E-state index contributed by atoms with van der Waals surface area (Å²) in [4.78, 5) is 22.8. The first-order valence-electron chi connectivity index (χ1n) is 7.75. The summed E-state index contributed by atoms with van der Waals surface area (Å²) in [7, 11) is 0. The molecule has 0 unspecified atom stereocenters. The molecule has 0 aliphatic heterocycles. The molecule has 0 atom stereocenters. The summed E-state index contributed by atoms with van der Waals surface area (Å²) in [5.74, 6) is -1.35. The maximum absolute atomic E-state index is 12.5. The van der Waals surface area contributed by atoms with E-state index in [1.807, 2.05) is 0 Å². The van der Waals surface area contributed by atoms with Crippen LogP contribution in [0.2, 0.25) is 0 Å². The first-order chi connectivity index (χ1) is 12.0. The van der Waals surface area contributed by atoms with Gasteiger partial charge < -0.3 is 10.4 Å². The van der Waals surface area contributed by atoms with Crippen LogP contribution in [0.5, 0.6) is 0 Å². The average Bonchev–Trinajstić information content (AvgIpc) is 2.74. The molecule has 0 aliphatic rings. The Morgan fingerprint density at radius 3 is 2.31 bits per heavy atom. The summed E-state index contributed by atoms with van der Waals surface area (Å²) >= 11 is 0. The van der Waals surface area contributed by atoms with Gasteiger partial charge in [0.25, 0.3) is 0 Å². The molecule has 26 heavy (non-hydrogen) atoms. The van der Waals surface area contributed by atoms with Crippen molar-refractivity contribution < 1.29 is 27.9 Å². The quantitative estimate of drug-likeness (QED) is 0.820. The number of carboxylic acids is 1. The van der Waals surface area contributed by atoms with Gasteiger partial charge in [-0.2, -0.15) is 18.3 Å². The van der Waals surface area contributed by atoms with Crippen LogP contribution in [-0.4, -0.2) is 32.9 Å². The van der Waals surface area contributed by atoms with E-state index in [1.54, 1.807) is 31.2 Å². The van der Waals surface area contributed by atoms with Crippen LogP contribution in [0, 0.1) is 13.8 Å². The Morgan fingerprint density at radius 2 is 1.77 bits per heavy atom. The maximum Gasteiger partial charge on any atom is 0.408 e. The van der Waals surface area contributed by atoms with E-state index in [2.05, 4.69) is 10.4 Å². The number of aryl methyl sites for hydroxylation is 1. The number of carboxylic acid groups (broad SMARTS) is 1. The van der Waals surface area contributed by atoms with Crippen molar-refractivity contribution in [3.05, 3.63) is 46.8 Å². The summed E-state index contributed by atoms with van der Waals surface area (Å²) in [5, 5.41) is 15.2. The lowest BCUT2D eigenvalue weighted by Crippen LogP contribution is -2.20. The predicted octanol–water partition coefficient (Wildman–Crippen LogP) is 2.87. The second kappa shape index (κ2) is 7.59. The van der Waals surface area contributed by atoms with Gasteiger partial charge in [-0.25, -0.2) is 0 Å². The molecule has 2 N–H and O–H groups in total. The van der Waals surface area contributed by atoms with Gasteiger partial charge >= 0.3 is 12.1 Å². The van der Waals surface area contributed by atoms with Crippen molar-refractivity contribution in [3.63, 3.8) is 0 Å². The molecular formula is C17H18F3N3O3. The number of hydrogen-bond donors (Lipinski definition) is 2. The summed E-state index contributed by atoms with van der Waals surface area (Å²) in [6.45, 7) is 1.85. The van der Waals surface area contributed by atoms with Crippen LogP contribution in [0.15, 0.2) is 24.3 Å². The van der Waals surface area contributed by atoms with Gasteiger partial charge in [0.15, 0.2) is 0 Å². The Balaban J connectivity index is 2.05. The molecule has 0 saturated heterocycles. The van der Waals surface area contributed by atoms with Crippen LogP contribution in [0.25, 0.3) is 0 Å². The molecule has 140 valence electrons. The number of hydrogen-bond acceptors (Lipinski definition) is 3. The number of aliphatic carboxylic acids is 1. The van der Waals surface area contributed by atoms with E-state index in [0.29, 0.717) is 28.2 Å². The van der Waals surface area contributed by atoms with E-state index in [-0.39, 0.29) is 12.8 Å². The van der Waals surface area contributed by atoms with Gasteiger partial charge in [-0.3, -0.25) is 14.3 Å². The van der Waals surface area contributed by atoms with Crippen LogP contribution in [0.1, 0.15) is 22.5 Å². The van der Waals surface area contributed by atoms with E-state index < -0.39 is 24.6 Å². The predicted molar refractivity (Wildman–Crippen MR) is 87.9 cm³/mol. The van der Waals surface area contributed by atoms with Crippen LogP contribution in [0.3, 0.4) is 0 Å². The fourth-order valence-electron chi connectivity index (χ4n) is 2.56. The van der Waals surface area contributed by atoms with E-state index in [1.165, 1.54) is 6.92 Å². The number of amides is 1. The van der Waals surface area contributed by atoms with Crippen LogP contribution >= 0.6 is 0 Å². The highest BCUT2D eigenvalue weighted by Crippen LogP contribution is 2.21. The molecule has 0 aliphatic carbocycles. The Kier molecular flexibility index (Phi) is 5.69. The minimum atomic E-state index is -4.39. The molecule has 1 aromatic heterocycles. The Morgan fingerprint density at radius 1 is 1.15 bits per heavy atom. The topological polar surface area (TPSA) is 84.2 Å². The van der Waals surface area contributed by atoms with Gasteiger partial charge in [-0.05, 0) is 31.5 Å².